The minimum absolute atomic E-state index is 0. The predicted octanol–water partition coefficient (Wildman–Crippen LogP) is 3.35. The summed E-state index contributed by atoms with van der Waals surface area (Å²) in [6.45, 7) is 8.51. The summed E-state index contributed by atoms with van der Waals surface area (Å²) < 4.78 is 38.6. The van der Waals surface area contributed by atoms with E-state index in [1.165, 1.54) is 17.0 Å². The molecule has 0 saturated heterocycles. The number of alkyl halides is 3. The van der Waals surface area contributed by atoms with Gasteiger partial charge in [0.25, 0.3) is 0 Å². The van der Waals surface area contributed by atoms with Crippen molar-refractivity contribution in [2.75, 3.05) is 46.8 Å². The van der Waals surface area contributed by atoms with E-state index in [9.17, 15) is 18.0 Å². The van der Waals surface area contributed by atoms with Crippen LogP contribution in [0.15, 0.2) is 29.3 Å². The fraction of sp³-hybridized carbons (Fsp3) is 0.600. The molecule has 0 heterocycles. The van der Waals surface area contributed by atoms with Gasteiger partial charge in [-0.3, -0.25) is 9.69 Å². The summed E-state index contributed by atoms with van der Waals surface area (Å²) >= 11 is 0. The Bertz CT molecular complexity index is 661. The molecular weight excluding hydrogens is 510 g/mol. The van der Waals surface area contributed by atoms with Crippen LogP contribution in [0.1, 0.15) is 37.9 Å². The zero-order valence-electron chi connectivity index (χ0n) is 18.2. The van der Waals surface area contributed by atoms with E-state index < -0.39 is 11.7 Å². The van der Waals surface area contributed by atoms with E-state index in [0.717, 1.165) is 30.8 Å². The molecule has 6 nitrogen and oxygen atoms in total. The summed E-state index contributed by atoms with van der Waals surface area (Å²) in [7, 11) is 3.33. The largest absolute Gasteiger partial charge is 0.416 e. The van der Waals surface area contributed by atoms with Crippen LogP contribution in [-0.4, -0.2) is 68.5 Å². The summed E-state index contributed by atoms with van der Waals surface area (Å²) in [5.41, 5.74) is 0.124. The maximum Gasteiger partial charge on any atom is 0.416 e. The first-order valence-electron chi connectivity index (χ1n) is 9.77. The fourth-order valence-electron chi connectivity index (χ4n) is 2.84. The second kappa shape index (κ2) is 13.7. The van der Waals surface area contributed by atoms with E-state index in [1.807, 2.05) is 20.8 Å². The SMILES string of the molecule is CCNC(=NCC(=O)N(C)C)NCC(c1ccc(C(F)(F)F)cc1)N(CC)CC.I. The lowest BCUT2D eigenvalue weighted by Gasteiger charge is -2.31. The number of halogens is 4. The van der Waals surface area contributed by atoms with Gasteiger partial charge in [-0.2, -0.15) is 13.2 Å². The molecular formula is C20H33F3IN5O. The standard InChI is InChI=1S/C20H32F3N5O.HI/c1-6-24-19(26-14-18(29)27(4)5)25-13-17(28(7-2)8-3)15-9-11-16(12-10-15)20(21,22)23;/h9-12,17H,6-8,13-14H2,1-5H3,(H2,24,25,26);1H. The Morgan fingerprint density at radius 2 is 1.63 bits per heavy atom. The van der Waals surface area contributed by atoms with Gasteiger partial charge < -0.3 is 15.5 Å². The molecule has 0 aliphatic carbocycles. The molecule has 0 aliphatic rings. The molecule has 0 spiro atoms. The molecule has 0 bridgehead atoms. The van der Waals surface area contributed by atoms with E-state index in [2.05, 4.69) is 20.5 Å². The van der Waals surface area contributed by atoms with Crippen LogP contribution in [0, 0.1) is 0 Å². The summed E-state index contributed by atoms with van der Waals surface area (Å²) in [4.78, 5) is 19.7. The first-order valence-corrected chi connectivity index (χ1v) is 9.77. The molecule has 1 atom stereocenters. The molecule has 0 saturated carbocycles. The number of hydrogen-bond donors (Lipinski definition) is 2. The van der Waals surface area contributed by atoms with Gasteiger partial charge >= 0.3 is 6.18 Å². The van der Waals surface area contributed by atoms with E-state index in [1.54, 1.807) is 14.1 Å². The van der Waals surface area contributed by atoms with Crippen molar-refractivity contribution in [3.05, 3.63) is 35.4 Å². The van der Waals surface area contributed by atoms with Crippen molar-refractivity contribution in [2.24, 2.45) is 4.99 Å². The minimum atomic E-state index is -4.36. The lowest BCUT2D eigenvalue weighted by Crippen LogP contribution is -2.43. The molecule has 1 aromatic rings. The summed E-state index contributed by atoms with van der Waals surface area (Å²) in [5, 5.41) is 6.30. The highest BCUT2D eigenvalue weighted by atomic mass is 127. The molecule has 0 fully saturated rings. The minimum Gasteiger partial charge on any atom is -0.357 e. The maximum atomic E-state index is 12.9. The van der Waals surface area contributed by atoms with Gasteiger partial charge in [0.05, 0.1) is 11.6 Å². The number of amides is 1. The van der Waals surface area contributed by atoms with Crippen LogP contribution >= 0.6 is 24.0 Å². The van der Waals surface area contributed by atoms with Crippen molar-refractivity contribution in [1.82, 2.24) is 20.4 Å². The van der Waals surface area contributed by atoms with Crippen LogP contribution in [-0.2, 0) is 11.0 Å². The third-order valence-electron chi connectivity index (χ3n) is 4.55. The molecule has 172 valence electrons. The van der Waals surface area contributed by atoms with Crippen LogP contribution in [0.4, 0.5) is 13.2 Å². The monoisotopic (exact) mass is 543 g/mol. The van der Waals surface area contributed by atoms with Crippen molar-refractivity contribution in [3.8, 4) is 0 Å². The zero-order chi connectivity index (χ0) is 22.0. The Labute approximate surface area is 194 Å². The molecule has 30 heavy (non-hydrogen) atoms. The quantitative estimate of drug-likeness (QED) is 0.285. The van der Waals surface area contributed by atoms with Crippen molar-refractivity contribution < 1.29 is 18.0 Å². The van der Waals surface area contributed by atoms with Gasteiger partial charge in [-0.25, -0.2) is 4.99 Å². The first kappa shape index (κ1) is 28.4. The third-order valence-corrected chi connectivity index (χ3v) is 4.55. The van der Waals surface area contributed by atoms with Gasteiger partial charge in [-0.05, 0) is 37.7 Å². The van der Waals surface area contributed by atoms with Crippen molar-refractivity contribution in [2.45, 2.75) is 33.0 Å². The predicted molar refractivity (Wildman–Crippen MR) is 125 cm³/mol. The highest BCUT2D eigenvalue weighted by molar-refractivity contribution is 14.0. The van der Waals surface area contributed by atoms with E-state index in [-0.39, 0.29) is 42.5 Å². The maximum absolute atomic E-state index is 12.9. The normalized spacial score (nSPS) is 12.9. The van der Waals surface area contributed by atoms with Gasteiger partial charge in [0.2, 0.25) is 5.91 Å². The molecule has 1 aromatic carbocycles. The van der Waals surface area contributed by atoms with Gasteiger partial charge in [0.1, 0.15) is 6.54 Å². The van der Waals surface area contributed by atoms with Crippen molar-refractivity contribution >= 4 is 35.8 Å². The van der Waals surface area contributed by atoms with Gasteiger partial charge in [0.15, 0.2) is 5.96 Å². The number of carbonyl (C=O) groups excluding carboxylic acids is 1. The molecule has 1 rings (SSSR count). The number of nitrogens with zero attached hydrogens (tertiary/aromatic N) is 3. The Morgan fingerprint density at radius 1 is 1.07 bits per heavy atom. The summed E-state index contributed by atoms with van der Waals surface area (Å²) in [6, 6.07) is 5.13. The average Bonchev–Trinajstić information content (AvgIpc) is 2.68. The van der Waals surface area contributed by atoms with E-state index in [4.69, 9.17) is 0 Å². The topological polar surface area (TPSA) is 60.0 Å². The summed E-state index contributed by atoms with van der Waals surface area (Å²) in [6.07, 6.45) is -4.36. The molecule has 2 N–H and O–H groups in total. The number of benzene rings is 1. The Kier molecular flexibility index (Phi) is 13.0. The number of carbonyl (C=O) groups is 1. The van der Waals surface area contributed by atoms with Crippen molar-refractivity contribution in [1.29, 1.82) is 0 Å². The van der Waals surface area contributed by atoms with Gasteiger partial charge in [-0.15, -0.1) is 24.0 Å². The van der Waals surface area contributed by atoms with Crippen LogP contribution < -0.4 is 10.6 Å². The van der Waals surface area contributed by atoms with Gasteiger partial charge in [-0.1, -0.05) is 26.0 Å². The first-order chi connectivity index (χ1) is 13.6. The summed E-state index contributed by atoms with van der Waals surface area (Å²) in [5.74, 6) is 0.372. The number of nitrogens with one attached hydrogen (secondary N) is 2. The fourth-order valence-corrected chi connectivity index (χ4v) is 2.84. The van der Waals surface area contributed by atoms with Crippen LogP contribution in [0.25, 0.3) is 0 Å². The second-order valence-corrected chi connectivity index (χ2v) is 6.72. The molecule has 1 amide bonds. The number of rotatable bonds is 9. The molecule has 0 aromatic heterocycles. The van der Waals surface area contributed by atoms with Crippen LogP contribution in [0.5, 0.6) is 0 Å². The van der Waals surface area contributed by atoms with Crippen LogP contribution in [0.3, 0.4) is 0 Å². The third kappa shape index (κ3) is 9.07. The number of guanidine groups is 1. The molecule has 0 aliphatic heterocycles. The smallest absolute Gasteiger partial charge is 0.357 e. The molecule has 10 heteroatoms. The lowest BCUT2D eigenvalue weighted by atomic mass is 10.0. The Morgan fingerprint density at radius 3 is 2.07 bits per heavy atom. The van der Waals surface area contributed by atoms with Crippen LogP contribution in [0.2, 0.25) is 0 Å². The van der Waals surface area contributed by atoms with Gasteiger partial charge in [0, 0.05) is 27.2 Å². The van der Waals surface area contributed by atoms with Crippen molar-refractivity contribution in [3.63, 3.8) is 0 Å². The average molecular weight is 543 g/mol. The molecule has 1 unspecified atom stereocenters. The number of hydrogen-bond acceptors (Lipinski definition) is 3. The lowest BCUT2D eigenvalue weighted by molar-refractivity contribution is -0.137. The Hall–Kier alpha value is -1.56. The number of aliphatic imine (C=N–C) groups is 1. The molecule has 0 radical (unpaired) electrons. The van der Waals surface area contributed by atoms with E-state index >= 15 is 0 Å². The number of likely N-dealkylation sites (N-methyl/N-ethyl adjacent to an activating group) is 2. The zero-order valence-corrected chi connectivity index (χ0v) is 20.5. The highest BCUT2D eigenvalue weighted by Gasteiger charge is 2.30. The van der Waals surface area contributed by atoms with E-state index in [0.29, 0.717) is 19.0 Å². The Balaban J connectivity index is 0.00000841. The second-order valence-electron chi connectivity index (χ2n) is 6.72. The highest BCUT2D eigenvalue weighted by Crippen LogP contribution is 2.30.